The van der Waals surface area contributed by atoms with Gasteiger partial charge in [-0.15, -0.1) is 0 Å². The number of hydrogen-bond acceptors (Lipinski definition) is 4. The molecule has 0 unspecified atom stereocenters. The summed E-state index contributed by atoms with van der Waals surface area (Å²) in [5.74, 6) is 0. The lowest BCUT2D eigenvalue weighted by Gasteiger charge is -1.91. The van der Waals surface area contributed by atoms with Crippen LogP contribution in [0.2, 0.25) is 0 Å². The van der Waals surface area contributed by atoms with E-state index in [2.05, 4.69) is 20.2 Å². The normalized spacial score (nSPS) is 10.9. The molecule has 0 spiro atoms. The SMILES string of the molecule is c1cnc2c(ccc3nncc32)cn1. The fourth-order valence-corrected chi connectivity index (χ4v) is 1.50. The molecule has 3 rings (SSSR count). The number of hydrogen-bond donors (Lipinski definition) is 0. The van der Waals surface area contributed by atoms with Crippen LogP contribution in [0.25, 0.3) is 21.8 Å². The van der Waals surface area contributed by atoms with E-state index in [0.717, 1.165) is 21.8 Å². The van der Waals surface area contributed by atoms with Crippen molar-refractivity contribution in [2.45, 2.75) is 0 Å². The van der Waals surface area contributed by atoms with Gasteiger partial charge in [-0.05, 0) is 12.1 Å². The summed E-state index contributed by atoms with van der Waals surface area (Å²) >= 11 is 0. The molecular formula is C10H6N4. The predicted octanol–water partition coefficient (Wildman–Crippen LogP) is 1.57. The van der Waals surface area contributed by atoms with Gasteiger partial charge in [-0.2, -0.15) is 10.2 Å². The molecule has 66 valence electrons. The Morgan fingerprint density at radius 1 is 1.00 bits per heavy atom. The highest BCUT2D eigenvalue weighted by Crippen LogP contribution is 2.19. The highest BCUT2D eigenvalue weighted by atomic mass is 15.1. The Balaban J connectivity index is 2.64. The summed E-state index contributed by atoms with van der Waals surface area (Å²) in [7, 11) is 0. The molecule has 0 saturated heterocycles. The summed E-state index contributed by atoms with van der Waals surface area (Å²) in [6.07, 6.45) is 6.85. The Labute approximate surface area is 79.6 Å². The highest BCUT2D eigenvalue weighted by Gasteiger charge is 2.02. The molecule has 2 aromatic heterocycles. The van der Waals surface area contributed by atoms with Crippen LogP contribution in [0.15, 0.2) is 36.9 Å². The summed E-state index contributed by atoms with van der Waals surface area (Å²) in [5.41, 5.74) is 1.77. The summed E-state index contributed by atoms with van der Waals surface area (Å²) in [5, 5.41) is 9.81. The summed E-state index contributed by atoms with van der Waals surface area (Å²) < 4.78 is 0. The van der Waals surface area contributed by atoms with Crippen LogP contribution in [0.3, 0.4) is 0 Å². The Hall–Kier alpha value is -2.10. The fourth-order valence-electron chi connectivity index (χ4n) is 1.50. The maximum atomic E-state index is 4.30. The summed E-state index contributed by atoms with van der Waals surface area (Å²) in [4.78, 5) is 8.36. The lowest BCUT2D eigenvalue weighted by atomic mass is 10.2. The van der Waals surface area contributed by atoms with Gasteiger partial charge in [-0.25, -0.2) is 0 Å². The average molecular weight is 182 g/mol. The second-order valence-electron chi connectivity index (χ2n) is 2.99. The van der Waals surface area contributed by atoms with Gasteiger partial charge < -0.3 is 0 Å². The minimum Gasteiger partial charge on any atom is -0.262 e. The van der Waals surface area contributed by atoms with E-state index >= 15 is 0 Å². The van der Waals surface area contributed by atoms with E-state index in [0.29, 0.717) is 0 Å². The van der Waals surface area contributed by atoms with Gasteiger partial charge in [-0.3, -0.25) is 9.97 Å². The minimum absolute atomic E-state index is 0.871. The highest BCUT2D eigenvalue weighted by molar-refractivity contribution is 6.02. The van der Waals surface area contributed by atoms with Crippen molar-refractivity contribution in [1.82, 2.24) is 20.2 Å². The molecule has 1 aromatic carbocycles. The quantitative estimate of drug-likeness (QED) is 0.529. The molecule has 0 radical (unpaired) electrons. The van der Waals surface area contributed by atoms with Crippen molar-refractivity contribution in [3.63, 3.8) is 0 Å². The second kappa shape index (κ2) is 2.70. The van der Waals surface area contributed by atoms with E-state index in [1.54, 1.807) is 24.8 Å². The molecule has 0 aliphatic rings. The number of nitrogens with zero attached hydrogens (tertiary/aromatic N) is 4. The molecule has 3 aromatic rings. The van der Waals surface area contributed by atoms with Crippen LogP contribution in [0.4, 0.5) is 0 Å². The molecule has 0 fully saturated rings. The van der Waals surface area contributed by atoms with E-state index in [1.165, 1.54) is 0 Å². The van der Waals surface area contributed by atoms with Crippen molar-refractivity contribution < 1.29 is 0 Å². The molecule has 0 N–H and O–H groups in total. The number of aromatic nitrogens is 4. The molecule has 0 bridgehead atoms. The zero-order valence-electron chi connectivity index (χ0n) is 7.25. The van der Waals surface area contributed by atoms with E-state index in [-0.39, 0.29) is 0 Å². The largest absolute Gasteiger partial charge is 0.262 e. The Morgan fingerprint density at radius 2 is 2.00 bits per heavy atom. The first-order chi connectivity index (χ1) is 6.95. The molecule has 4 nitrogen and oxygen atoms in total. The average Bonchev–Trinajstić information content (AvgIpc) is 2.55. The van der Waals surface area contributed by atoms with E-state index in [1.807, 2.05) is 12.1 Å². The molecular weight excluding hydrogens is 176 g/mol. The summed E-state index contributed by atoms with van der Waals surface area (Å²) in [6.45, 7) is 0. The second-order valence-corrected chi connectivity index (χ2v) is 2.99. The van der Waals surface area contributed by atoms with Gasteiger partial charge in [0, 0.05) is 29.4 Å². The van der Waals surface area contributed by atoms with E-state index < -0.39 is 0 Å². The van der Waals surface area contributed by atoms with Crippen molar-refractivity contribution in [1.29, 1.82) is 0 Å². The Kier molecular flexibility index (Phi) is 1.41. The molecule has 0 saturated carbocycles. The zero-order valence-corrected chi connectivity index (χ0v) is 7.25. The molecule has 2 heterocycles. The standard InChI is InChI=1S/C10H6N4/c1-2-9-8(6-13-14-9)10-7(1)5-11-3-4-12-10/h1-6H. The van der Waals surface area contributed by atoms with Gasteiger partial charge in [0.1, 0.15) is 0 Å². The Morgan fingerprint density at radius 3 is 3.00 bits per heavy atom. The van der Waals surface area contributed by atoms with E-state index in [4.69, 9.17) is 0 Å². The fraction of sp³-hybridized carbons (Fsp3) is 0. The van der Waals surface area contributed by atoms with Crippen molar-refractivity contribution >= 4 is 21.8 Å². The first kappa shape index (κ1) is 7.32. The van der Waals surface area contributed by atoms with Crippen molar-refractivity contribution in [2.75, 3.05) is 0 Å². The molecule has 14 heavy (non-hydrogen) atoms. The Bertz CT molecular complexity index is 606. The first-order valence-corrected chi connectivity index (χ1v) is 4.25. The maximum absolute atomic E-state index is 4.30. The zero-order chi connectivity index (χ0) is 9.38. The van der Waals surface area contributed by atoms with Crippen LogP contribution in [0.5, 0.6) is 0 Å². The number of benzene rings is 1. The van der Waals surface area contributed by atoms with Gasteiger partial charge in [0.05, 0.1) is 17.2 Å². The molecule has 0 aliphatic heterocycles. The van der Waals surface area contributed by atoms with Crippen LogP contribution in [-0.4, -0.2) is 20.2 Å². The van der Waals surface area contributed by atoms with Gasteiger partial charge >= 0.3 is 0 Å². The monoisotopic (exact) mass is 182 g/mol. The van der Waals surface area contributed by atoms with Crippen molar-refractivity contribution in [3.05, 3.63) is 36.9 Å². The van der Waals surface area contributed by atoms with Gasteiger partial charge in [0.15, 0.2) is 0 Å². The molecule has 0 amide bonds. The molecule has 0 atom stereocenters. The van der Waals surface area contributed by atoms with E-state index in [9.17, 15) is 0 Å². The van der Waals surface area contributed by atoms with Crippen molar-refractivity contribution in [2.24, 2.45) is 0 Å². The van der Waals surface area contributed by atoms with Crippen molar-refractivity contribution in [3.8, 4) is 0 Å². The van der Waals surface area contributed by atoms with Crippen LogP contribution in [0, 0.1) is 0 Å². The third-order valence-electron chi connectivity index (χ3n) is 2.15. The summed E-state index contributed by atoms with van der Waals surface area (Å²) in [6, 6.07) is 3.88. The van der Waals surface area contributed by atoms with Crippen LogP contribution >= 0.6 is 0 Å². The lowest BCUT2D eigenvalue weighted by molar-refractivity contribution is 1.12. The van der Waals surface area contributed by atoms with Gasteiger partial charge in [-0.1, -0.05) is 0 Å². The predicted molar refractivity (Wildman–Crippen MR) is 52.6 cm³/mol. The van der Waals surface area contributed by atoms with Gasteiger partial charge in [0.2, 0.25) is 0 Å². The maximum Gasteiger partial charge on any atom is 0.0967 e. The van der Waals surface area contributed by atoms with Gasteiger partial charge in [0.25, 0.3) is 0 Å². The third-order valence-corrected chi connectivity index (χ3v) is 2.15. The first-order valence-electron chi connectivity index (χ1n) is 4.25. The van der Waals surface area contributed by atoms with Crippen LogP contribution in [-0.2, 0) is 0 Å². The molecule has 0 aliphatic carbocycles. The topological polar surface area (TPSA) is 51.6 Å². The minimum atomic E-state index is 0.871. The lowest BCUT2D eigenvalue weighted by Crippen LogP contribution is -1.73. The molecule has 4 heteroatoms. The van der Waals surface area contributed by atoms with Crippen LogP contribution < -0.4 is 0 Å². The number of fused-ring (bicyclic) bond motifs is 3. The number of rotatable bonds is 0. The smallest absolute Gasteiger partial charge is 0.0967 e. The third kappa shape index (κ3) is 0.939. The van der Waals surface area contributed by atoms with Crippen LogP contribution in [0.1, 0.15) is 0 Å².